The van der Waals surface area contributed by atoms with Crippen LogP contribution in [0.25, 0.3) is 18.2 Å². The molecule has 1 aromatic heterocycles. The summed E-state index contributed by atoms with van der Waals surface area (Å²) in [7, 11) is 18.1. The van der Waals surface area contributed by atoms with E-state index in [-0.39, 0.29) is 0 Å². The molecule has 0 aliphatic heterocycles. The lowest BCUT2D eigenvalue weighted by atomic mass is 10.1. The highest BCUT2D eigenvalue weighted by molar-refractivity contribution is 8.76. The van der Waals surface area contributed by atoms with E-state index >= 15 is 0 Å². The lowest BCUT2D eigenvalue weighted by Crippen LogP contribution is -2.42. The minimum atomic E-state index is 0.821. The van der Waals surface area contributed by atoms with Gasteiger partial charge in [-0.3, -0.25) is 4.99 Å². The summed E-state index contributed by atoms with van der Waals surface area (Å²) < 4.78 is 4.44. The Morgan fingerprint density at radius 3 is 1.62 bits per heavy atom. The van der Waals surface area contributed by atoms with E-state index in [0.29, 0.717) is 0 Å². The number of rotatable bonds is 27. The fourth-order valence-corrected chi connectivity index (χ4v) is 8.68. The molecule has 56 heavy (non-hydrogen) atoms. The number of benzene rings is 2. The number of aromatic nitrogens is 1. The van der Waals surface area contributed by atoms with Crippen LogP contribution in [0.1, 0.15) is 56.4 Å². The van der Waals surface area contributed by atoms with Gasteiger partial charge in [0.15, 0.2) is 6.20 Å². The van der Waals surface area contributed by atoms with Gasteiger partial charge < -0.3 is 18.8 Å². The van der Waals surface area contributed by atoms with Gasteiger partial charge in [0, 0.05) is 107 Å². The normalized spacial score (nSPS) is 12.7. The standard InChI is InChI=1S/C48H73N6S2/c1-9-49-34-16-13-11-12-14-22-44-24-29-46(30-25-44)50(3)35-18-38-53(5,6)40-20-42-55-56-43-21-41-54(7,8)39-19-36-51(4)47-31-26-45(27-32-47)28-33-48-23-15-17-37-52(48)10-2/h11-17,22-34,37H,9-10,18-21,35-36,38-43H2,1-8H3/q+3/b12-11+,16-13-,22-14+,49-34?. The third-order valence-electron chi connectivity index (χ3n) is 10.1. The number of aryl methyl sites for hydroxylation is 1. The number of hydrogen-bond donors (Lipinski definition) is 0. The summed E-state index contributed by atoms with van der Waals surface area (Å²) in [5.41, 5.74) is 6.23. The van der Waals surface area contributed by atoms with Crippen LogP contribution >= 0.6 is 21.6 Å². The van der Waals surface area contributed by atoms with Gasteiger partial charge in [0.1, 0.15) is 6.54 Å². The van der Waals surface area contributed by atoms with Crippen molar-refractivity contribution in [2.75, 3.05) is 109 Å². The third-order valence-corrected chi connectivity index (χ3v) is 12.7. The van der Waals surface area contributed by atoms with E-state index in [9.17, 15) is 0 Å². The summed E-state index contributed by atoms with van der Waals surface area (Å²) in [5.74, 6) is 2.47. The Balaban J connectivity index is 1.21. The Labute approximate surface area is 350 Å². The molecule has 8 heteroatoms. The van der Waals surface area contributed by atoms with Crippen molar-refractivity contribution in [2.45, 2.75) is 46.1 Å². The van der Waals surface area contributed by atoms with Gasteiger partial charge in [-0.15, -0.1) is 0 Å². The topological polar surface area (TPSA) is 22.7 Å². The number of aliphatic imine (C=N–C) groups is 1. The van der Waals surface area contributed by atoms with Crippen LogP contribution in [0.2, 0.25) is 0 Å². The Morgan fingerprint density at radius 1 is 0.589 bits per heavy atom. The molecule has 0 N–H and O–H groups in total. The van der Waals surface area contributed by atoms with E-state index < -0.39 is 0 Å². The Bertz CT molecular complexity index is 1660. The third kappa shape index (κ3) is 19.5. The maximum Gasteiger partial charge on any atom is 0.205 e. The summed E-state index contributed by atoms with van der Waals surface area (Å²) in [6.07, 6.45) is 25.6. The molecule has 0 radical (unpaired) electrons. The van der Waals surface area contributed by atoms with Crippen LogP contribution in [0, 0.1) is 0 Å². The van der Waals surface area contributed by atoms with Gasteiger partial charge in [-0.05, 0) is 67.5 Å². The smallest absolute Gasteiger partial charge is 0.205 e. The van der Waals surface area contributed by atoms with Crippen molar-refractivity contribution < 1.29 is 13.5 Å². The van der Waals surface area contributed by atoms with E-state index in [4.69, 9.17) is 0 Å². The summed E-state index contributed by atoms with van der Waals surface area (Å²) >= 11 is 0. The van der Waals surface area contributed by atoms with E-state index in [1.165, 1.54) is 91.6 Å². The SMILES string of the molecule is CCN=C\C=C/C=C/C=C/c1ccc(N(C)CCC[N+](C)(C)CCCSSCCC[N+](C)(C)CCCN(C)c2ccc(/C=C/c3cccc[n+]3CC)cc2)cc1. The van der Waals surface area contributed by atoms with Crippen molar-refractivity contribution in [3.8, 4) is 0 Å². The number of nitrogens with zero attached hydrogens (tertiary/aromatic N) is 6. The van der Waals surface area contributed by atoms with Crippen LogP contribution in [-0.2, 0) is 6.54 Å². The van der Waals surface area contributed by atoms with Crippen molar-refractivity contribution in [3.63, 3.8) is 0 Å². The molecule has 0 atom stereocenters. The first-order valence-corrected chi connectivity index (χ1v) is 23.2. The molecule has 0 unspecified atom stereocenters. The average molecular weight is 798 g/mol. The van der Waals surface area contributed by atoms with Gasteiger partial charge in [-0.25, -0.2) is 0 Å². The molecule has 0 fully saturated rings. The molecule has 0 spiro atoms. The summed E-state index contributed by atoms with van der Waals surface area (Å²) in [6, 6.07) is 24.2. The van der Waals surface area contributed by atoms with Gasteiger partial charge in [0.05, 0.1) is 54.4 Å². The van der Waals surface area contributed by atoms with Crippen molar-refractivity contribution in [2.24, 2.45) is 4.99 Å². The number of allylic oxidation sites excluding steroid dienone is 5. The Morgan fingerprint density at radius 2 is 1.09 bits per heavy atom. The first-order valence-electron chi connectivity index (χ1n) is 20.7. The molecule has 1 heterocycles. The average Bonchev–Trinajstić information content (AvgIpc) is 3.19. The number of hydrogen-bond acceptors (Lipinski definition) is 5. The van der Waals surface area contributed by atoms with Gasteiger partial charge in [0.25, 0.3) is 0 Å². The highest BCUT2D eigenvalue weighted by Crippen LogP contribution is 2.24. The monoisotopic (exact) mass is 798 g/mol. The fourth-order valence-electron chi connectivity index (χ4n) is 6.54. The largest absolute Gasteiger partial charge is 0.374 e. The summed E-state index contributed by atoms with van der Waals surface area (Å²) in [4.78, 5) is 8.95. The number of pyridine rings is 1. The molecule has 0 aliphatic rings. The molecule has 2 aromatic carbocycles. The molecule has 0 amide bonds. The van der Waals surface area contributed by atoms with Crippen molar-refractivity contribution in [1.82, 2.24) is 0 Å². The lowest BCUT2D eigenvalue weighted by Gasteiger charge is -2.31. The Kier molecular flexibility index (Phi) is 22.1. The second kappa shape index (κ2) is 26.4. The lowest BCUT2D eigenvalue weighted by molar-refractivity contribution is -0.890. The van der Waals surface area contributed by atoms with Crippen LogP contribution in [-0.4, -0.2) is 115 Å². The van der Waals surface area contributed by atoms with Gasteiger partial charge in [-0.2, -0.15) is 4.57 Å². The molecular weight excluding hydrogens is 725 g/mol. The van der Waals surface area contributed by atoms with E-state index in [1.807, 2.05) is 37.4 Å². The fraction of sp³-hybridized carbons (Fsp3) is 0.458. The van der Waals surface area contributed by atoms with Crippen molar-refractivity contribution in [3.05, 3.63) is 120 Å². The van der Waals surface area contributed by atoms with Gasteiger partial charge in [-0.1, -0.05) is 76.2 Å². The summed E-state index contributed by atoms with van der Waals surface area (Å²) in [6.45, 7) is 13.0. The zero-order valence-electron chi connectivity index (χ0n) is 36.0. The number of anilines is 2. The highest BCUT2D eigenvalue weighted by Gasteiger charge is 2.16. The first kappa shape index (κ1) is 46.8. The van der Waals surface area contributed by atoms with Crippen LogP contribution in [0.4, 0.5) is 11.4 Å². The maximum atomic E-state index is 4.17. The van der Waals surface area contributed by atoms with Crippen LogP contribution in [0.3, 0.4) is 0 Å². The zero-order chi connectivity index (χ0) is 40.5. The Hall–Kier alpha value is -3.56. The van der Waals surface area contributed by atoms with Crippen LogP contribution in [0.5, 0.6) is 0 Å². The van der Waals surface area contributed by atoms with Crippen LogP contribution in [0.15, 0.2) is 108 Å². The van der Waals surface area contributed by atoms with Gasteiger partial charge >= 0.3 is 0 Å². The predicted octanol–water partition coefficient (Wildman–Crippen LogP) is 10.0. The molecule has 304 valence electrons. The van der Waals surface area contributed by atoms with E-state index in [1.54, 1.807) is 0 Å². The maximum absolute atomic E-state index is 4.17. The van der Waals surface area contributed by atoms with Crippen molar-refractivity contribution in [1.29, 1.82) is 0 Å². The molecule has 0 saturated carbocycles. The molecule has 3 aromatic rings. The quantitative estimate of drug-likeness (QED) is 0.0191. The first-order chi connectivity index (χ1) is 27.0. The summed E-state index contributed by atoms with van der Waals surface area (Å²) in [5, 5.41) is 0. The molecular formula is C48H73N6S2+3. The van der Waals surface area contributed by atoms with E-state index in [2.05, 4.69) is 187 Å². The highest BCUT2D eigenvalue weighted by atomic mass is 33.1. The second-order valence-electron chi connectivity index (χ2n) is 15.9. The minimum absolute atomic E-state index is 0.821. The number of quaternary nitrogens is 2. The van der Waals surface area contributed by atoms with E-state index in [0.717, 1.165) is 35.1 Å². The molecule has 0 bridgehead atoms. The van der Waals surface area contributed by atoms with Gasteiger partial charge in [0.2, 0.25) is 5.69 Å². The molecule has 6 nitrogen and oxygen atoms in total. The van der Waals surface area contributed by atoms with Crippen molar-refractivity contribution >= 4 is 57.4 Å². The minimum Gasteiger partial charge on any atom is -0.374 e. The molecule has 0 saturated heterocycles. The predicted molar refractivity (Wildman–Crippen MR) is 254 cm³/mol. The molecule has 0 aliphatic carbocycles. The zero-order valence-corrected chi connectivity index (χ0v) is 37.7. The van der Waals surface area contributed by atoms with Crippen LogP contribution < -0.4 is 14.4 Å². The molecule has 3 rings (SSSR count). The second-order valence-corrected chi connectivity index (χ2v) is 18.6.